The summed E-state index contributed by atoms with van der Waals surface area (Å²) < 4.78 is 27.4. The van der Waals surface area contributed by atoms with Crippen molar-refractivity contribution in [1.82, 2.24) is 9.97 Å². The van der Waals surface area contributed by atoms with Gasteiger partial charge in [-0.15, -0.1) is 0 Å². The molecule has 0 aromatic carbocycles. The molecule has 23 heavy (non-hydrogen) atoms. The smallest absolute Gasteiger partial charge is 0.376 e. The van der Waals surface area contributed by atoms with Crippen LogP contribution in [0.15, 0.2) is 6.20 Å². The van der Waals surface area contributed by atoms with Gasteiger partial charge >= 0.3 is 17.6 Å². The van der Waals surface area contributed by atoms with Crippen LogP contribution < -0.4 is 4.90 Å². The lowest BCUT2D eigenvalue weighted by molar-refractivity contribution is -0.384. The second kappa shape index (κ2) is 6.57. The average molecular weight is 351 g/mol. The molecule has 1 N–H and O–H groups in total. The largest absolute Gasteiger partial charge is 0.477 e. The number of hydrogen-bond donors (Lipinski definition) is 1. The van der Waals surface area contributed by atoms with E-state index in [0.29, 0.717) is 12.8 Å². The second-order valence-corrected chi connectivity index (χ2v) is 5.52. The van der Waals surface area contributed by atoms with Gasteiger partial charge in [0.15, 0.2) is 0 Å². The van der Waals surface area contributed by atoms with Gasteiger partial charge in [0, 0.05) is 6.04 Å². The monoisotopic (exact) mass is 350 g/mol. The Hall–Kier alpha value is -2.10. The summed E-state index contributed by atoms with van der Waals surface area (Å²) in [6.45, 7) is -1.22. The van der Waals surface area contributed by atoms with Gasteiger partial charge in [-0.3, -0.25) is 10.1 Å². The summed E-state index contributed by atoms with van der Waals surface area (Å²) in [5, 5.41) is 19.4. The number of anilines is 1. The molecule has 0 amide bonds. The highest BCUT2D eigenvalue weighted by molar-refractivity contribution is 6.28. The van der Waals surface area contributed by atoms with Crippen LogP contribution in [0.25, 0.3) is 0 Å². The van der Waals surface area contributed by atoms with E-state index >= 15 is 0 Å². The lowest BCUT2D eigenvalue weighted by Gasteiger charge is -2.31. The van der Waals surface area contributed by atoms with E-state index in [2.05, 4.69) is 9.97 Å². The highest BCUT2D eigenvalue weighted by Gasteiger charge is 2.44. The fraction of sp³-hybridized carbons (Fsp3) is 0.583. The molecule has 0 atom stereocenters. The first-order chi connectivity index (χ1) is 10.7. The summed E-state index contributed by atoms with van der Waals surface area (Å²) >= 11 is 5.63. The summed E-state index contributed by atoms with van der Waals surface area (Å²) in [4.78, 5) is 29.2. The van der Waals surface area contributed by atoms with Gasteiger partial charge in [0.05, 0.1) is 11.5 Å². The van der Waals surface area contributed by atoms with Crippen molar-refractivity contribution in [3.63, 3.8) is 0 Å². The summed E-state index contributed by atoms with van der Waals surface area (Å²) in [5.41, 5.74) is -0.595. The van der Waals surface area contributed by atoms with Gasteiger partial charge in [-0.1, -0.05) is 12.8 Å². The average Bonchev–Trinajstić information content (AvgIpc) is 2.98. The number of nitro groups is 1. The van der Waals surface area contributed by atoms with E-state index in [-0.39, 0.29) is 11.1 Å². The Kier molecular flexibility index (Phi) is 4.93. The first-order valence-electron chi connectivity index (χ1n) is 6.77. The van der Waals surface area contributed by atoms with Gasteiger partial charge < -0.3 is 10.0 Å². The van der Waals surface area contributed by atoms with Crippen LogP contribution in [0.5, 0.6) is 0 Å². The van der Waals surface area contributed by atoms with Crippen LogP contribution in [0.4, 0.5) is 20.3 Å². The molecule has 1 aromatic rings. The fourth-order valence-electron chi connectivity index (χ4n) is 2.56. The molecule has 1 aromatic heterocycles. The van der Waals surface area contributed by atoms with Crippen LogP contribution in [0.1, 0.15) is 25.7 Å². The number of carboxylic acid groups (broad SMARTS) is 1. The van der Waals surface area contributed by atoms with Crippen LogP contribution in [0, 0.1) is 10.1 Å². The van der Waals surface area contributed by atoms with Crippen molar-refractivity contribution >= 4 is 29.1 Å². The Balaban J connectivity index is 2.47. The molecule has 1 fully saturated rings. The number of halogens is 3. The third-order valence-corrected chi connectivity index (χ3v) is 3.82. The second-order valence-electron chi connectivity index (χ2n) is 5.18. The summed E-state index contributed by atoms with van der Waals surface area (Å²) in [7, 11) is 0. The number of alkyl halides is 2. The predicted octanol–water partition coefficient (Wildman–Crippen LogP) is 2.51. The van der Waals surface area contributed by atoms with Crippen molar-refractivity contribution in [2.24, 2.45) is 0 Å². The van der Waals surface area contributed by atoms with Crippen molar-refractivity contribution in [3.8, 4) is 0 Å². The third kappa shape index (κ3) is 3.81. The molecule has 0 unspecified atom stereocenters. The summed E-state index contributed by atoms with van der Waals surface area (Å²) in [6, 6.07) is -0.468. The number of hydrogen-bond acceptors (Lipinski definition) is 6. The standard InChI is InChI=1S/C12H13ClF2N4O4/c13-11-16-5-8(19(22)23)9(17-11)18(7-3-1-2-4-7)6-12(14,15)10(20)21/h5,7H,1-4,6H2,(H,20,21). The van der Waals surface area contributed by atoms with Gasteiger partial charge in [-0.05, 0) is 24.4 Å². The van der Waals surface area contributed by atoms with E-state index in [0.717, 1.165) is 23.9 Å². The summed E-state index contributed by atoms with van der Waals surface area (Å²) in [6.07, 6.45) is 3.35. The van der Waals surface area contributed by atoms with E-state index in [1.165, 1.54) is 0 Å². The normalized spacial score (nSPS) is 15.6. The van der Waals surface area contributed by atoms with Gasteiger partial charge in [0.25, 0.3) is 0 Å². The molecule has 0 radical (unpaired) electrons. The maximum atomic E-state index is 13.7. The quantitative estimate of drug-likeness (QED) is 0.477. The molecule has 0 aliphatic heterocycles. The lowest BCUT2D eigenvalue weighted by Crippen LogP contribution is -2.47. The van der Waals surface area contributed by atoms with E-state index < -0.39 is 35.1 Å². The first kappa shape index (κ1) is 17.3. The maximum Gasteiger partial charge on any atom is 0.376 e. The number of carboxylic acids is 1. The predicted molar refractivity (Wildman–Crippen MR) is 75.9 cm³/mol. The third-order valence-electron chi connectivity index (χ3n) is 3.64. The molecule has 1 heterocycles. The molecule has 11 heteroatoms. The fourth-order valence-corrected chi connectivity index (χ4v) is 2.69. The van der Waals surface area contributed by atoms with Gasteiger partial charge in [-0.2, -0.15) is 13.8 Å². The first-order valence-corrected chi connectivity index (χ1v) is 7.15. The number of aliphatic carboxylic acids is 1. The van der Waals surface area contributed by atoms with Crippen LogP contribution >= 0.6 is 11.6 Å². The highest BCUT2D eigenvalue weighted by atomic mass is 35.5. The zero-order valence-corrected chi connectivity index (χ0v) is 12.5. The number of nitrogens with zero attached hydrogens (tertiary/aromatic N) is 4. The molecular formula is C12H13ClF2N4O4. The number of aromatic nitrogens is 2. The lowest BCUT2D eigenvalue weighted by atomic mass is 10.1. The zero-order valence-electron chi connectivity index (χ0n) is 11.8. The molecular weight excluding hydrogens is 338 g/mol. The van der Waals surface area contributed by atoms with Crippen LogP contribution in [0.3, 0.4) is 0 Å². The number of carbonyl (C=O) groups is 1. The van der Waals surface area contributed by atoms with Crippen molar-refractivity contribution in [2.45, 2.75) is 37.6 Å². The van der Waals surface area contributed by atoms with Gasteiger partial charge in [-0.25, -0.2) is 9.78 Å². The minimum atomic E-state index is -4.08. The van der Waals surface area contributed by atoms with Gasteiger partial charge in [0.1, 0.15) is 6.20 Å². The Morgan fingerprint density at radius 1 is 1.52 bits per heavy atom. The molecule has 1 aliphatic rings. The van der Waals surface area contributed by atoms with Crippen LogP contribution in [-0.4, -0.2) is 44.5 Å². The van der Waals surface area contributed by atoms with Crippen molar-refractivity contribution in [3.05, 3.63) is 21.6 Å². The van der Waals surface area contributed by atoms with Crippen molar-refractivity contribution in [2.75, 3.05) is 11.4 Å². The molecule has 126 valence electrons. The molecule has 1 aliphatic carbocycles. The minimum absolute atomic E-state index is 0.341. The summed E-state index contributed by atoms with van der Waals surface area (Å²) in [5.74, 6) is -6.76. The maximum absolute atomic E-state index is 13.7. The molecule has 0 saturated heterocycles. The molecule has 1 saturated carbocycles. The van der Waals surface area contributed by atoms with Gasteiger partial charge in [0.2, 0.25) is 11.1 Å². The molecule has 0 bridgehead atoms. The van der Waals surface area contributed by atoms with E-state index in [1.54, 1.807) is 0 Å². The Bertz CT molecular complexity index is 625. The van der Waals surface area contributed by atoms with Crippen LogP contribution in [0.2, 0.25) is 5.28 Å². The van der Waals surface area contributed by atoms with E-state index in [1.807, 2.05) is 0 Å². The van der Waals surface area contributed by atoms with E-state index in [4.69, 9.17) is 16.7 Å². The molecule has 2 rings (SSSR count). The topological polar surface area (TPSA) is 109 Å². The zero-order chi connectivity index (χ0) is 17.2. The van der Waals surface area contributed by atoms with E-state index in [9.17, 15) is 23.7 Å². The SMILES string of the molecule is O=C(O)C(F)(F)CN(c1nc(Cl)ncc1[N+](=O)[O-])C1CCCC1. The number of rotatable bonds is 6. The molecule has 0 spiro atoms. The molecule has 8 nitrogen and oxygen atoms in total. The van der Waals surface area contributed by atoms with Crippen LogP contribution in [-0.2, 0) is 4.79 Å². The minimum Gasteiger partial charge on any atom is -0.477 e. The Morgan fingerprint density at radius 3 is 2.65 bits per heavy atom. The van der Waals surface area contributed by atoms with Crippen molar-refractivity contribution < 1.29 is 23.6 Å². The van der Waals surface area contributed by atoms with Crippen molar-refractivity contribution in [1.29, 1.82) is 0 Å². The Labute approximate surface area is 134 Å². The Morgan fingerprint density at radius 2 is 2.13 bits per heavy atom. The highest BCUT2D eigenvalue weighted by Crippen LogP contribution is 2.35.